The number of fused-ring (bicyclic) bond motifs is 1. The molecule has 2 fully saturated rings. The van der Waals surface area contributed by atoms with Crippen LogP contribution in [0.3, 0.4) is 0 Å². The van der Waals surface area contributed by atoms with Crippen molar-refractivity contribution in [3.05, 3.63) is 12.7 Å². The van der Waals surface area contributed by atoms with Crippen LogP contribution in [0.25, 0.3) is 0 Å². The fraction of sp³-hybridized carbons (Fsp3) is 0.636. The van der Waals surface area contributed by atoms with Crippen molar-refractivity contribution >= 4 is 12.9 Å². The lowest BCUT2D eigenvalue weighted by atomic mass is 9.72. The average molecular weight is 206 g/mol. The van der Waals surface area contributed by atoms with E-state index in [9.17, 15) is 0 Å². The van der Waals surface area contributed by atoms with Gasteiger partial charge >= 0.3 is 0 Å². The minimum absolute atomic E-state index is 0.126. The van der Waals surface area contributed by atoms with Gasteiger partial charge in [-0.15, -0.1) is 6.58 Å². The highest BCUT2D eigenvalue weighted by Gasteiger charge is 2.62. The molecule has 2 saturated heterocycles. The predicted molar refractivity (Wildman–Crippen MR) is 63.0 cm³/mol. The SMILES string of the molecule is C=C[C@@H]1NC[C@@]2(C=N)CN(C)C[C@@]12N=C. The lowest BCUT2D eigenvalue weighted by Crippen LogP contribution is -2.50. The van der Waals surface area contributed by atoms with Crippen LogP contribution in [0.1, 0.15) is 0 Å². The number of hydrogen-bond donors (Lipinski definition) is 2. The molecule has 2 heterocycles. The summed E-state index contributed by atoms with van der Waals surface area (Å²) >= 11 is 0. The highest BCUT2D eigenvalue weighted by molar-refractivity contribution is 5.69. The average Bonchev–Trinajstić information content (AvgIpc) is 2.67. The molecule has 82 valence electrons. The fourth-order valence-electron chi connectivity index (χ4n) is 3.13. The van der Waals surface area contributed by atoms with Crippen LogP contribution in [0.4, 0.5) is 0 Å². The maximum absolute atomic E-state index is 7.69. The molecule has 2 N–H and O–H groups in total. The zero-order valence-corrected chi connectivity index (χ0v) is 9.16. The van der Waals surface area contributed by atoms with Crippen molar-refractivity contribution in [3.63, 3.8) is 0 Å². The maximum Gasteiger partial charge on any atom is 0.104 e. The molecule has 2 rings (SSSR count). The Morgan fingerprint density at radius 3 is 2.87 bits per heavy atom. The first kappa shape index (κ1) is 10.5. The summed E-state index contributed by atoms with van der Waals surface area (Å²) in [6, 6.07) is 0.126. The number of nitrogens with one attached hydrogen (secondary N) is 2. The summed E-state index contributed by atoms with van der Waals surface area (Å²) in [6.07, 6.45) is 3.43. The standard InChI is InChI=1S/C11H18N4/c1-4-9-11(13-2)8-15(3)7-10(11,5-12)6-14-9/h4-5,9,12,14H,1-2,6-8H2,3H3/t9-,10-,11+/m0/s1. The summed E-state index contributed by atoms with van der Waals surface area (Å²) in [7, 11) is 2.07. The van der Waals surface area contributed by atoms with Crippen molar-refractivity contribution in [2.24, 2.45) is 10.4 Å². The number of hydrogen-bond acceptors (Lipinski definition) is 4. The van der Waals surface area contributed by atoms with Crippen molar-refractivity contribution < 1.29 is 0 Å². The molecule has 4 nitrogen and oxygen atoms in total. The van der Waals surface area contributed by atoms with Crippen LogP contribution in [-0.2, 0) is 0 Å². The minimum Gasteiger partial charge on any atom is -0.312 e. The second kappa shape index (κ2) is 3.25. The van der Waals surface area contributed by atoms with E-state index in [0.717, 1.165) is 19.6 Å². The summed E-state index contributed by atoms with van der Waals surface area (Å²) in [5.74, 6) is 0. The normalized spacial score (nSPS) is 45.0. The van der Waals surface area contributed by atoms with Crippen LogP contribution in [0.2, 0.25) is 0 Å². The molecule has 0 unspecified atom stereocenters. The van der Waals surface area contributed by atoms with Crippen LogP contribution in [0.15, 0.2) is 17.6 Å². The van der Waals surface area contributed by atoms with E-state index in [4.69, 9.17) is 5.41 Å². The van der Waals surface area contributed by atoms with Crippen LogP contribution in [0, 0.1) is 10.8 Å². The van der Waals surface area contributed by atoms with E-state index in [1.165, 1.54) is 0 Å². The molecule has 2 aliphatic heterocycles. The Balaban J connectivity index is 2.49. The molecule has 4 heteroatoms. The van der Waals surface area contributed by atoms with E-state index in [1.807, 2.05) is 6.08 Å². The van der Waals surface area contributed by atoms with Crippen molar-refractivity contribution in [2.75, 3.05) is 26.7 Å². The zero-order chi connectivity index (χ0) is 11.1. The third-order valence-electron chi connectivity index (χ3n) is 3.87. The first-order valence-electron chi connectivity index (χ1n) is 5.18. The largest absolute Gasteiger partial charge is 0.312 e. The Bertz CT molecular complexity index is 314. The molecule has 0 aliphatic carbocycles. The molecule has 0 amide bonds. The van der Waals surface area contributed by atoms with E-state index in [2.05, 4.69) is 35.6 Å². The van der Waals surface area contributed by atoms with Gasteiger partial charge in [0.15, 0.2) is 0 Å². The van der Waals surface area contributed by atoms with Crippen molar-refractivity contribution in [2.45, 2.75) is 11.6 Å². The van der Waals surface area contributed by atoms with E-state index >= 15 is 0 Å². The van der Waals surface area contributed by atoms with Gasteiger partial charge in [0.1, 0.15) is 5.54 Å². The number of nitrogens with zero attached hydrogens (tertiary/aromatic N) is 2. The lowest BCUT2D eigenvalue weighted by Gasteiger charge is -2.34. The van der Waals surface area contributed by atoms with E-state index < -0.39 is 0 Å². The van der Waals surface area contributed by atoms with Gasteiger partial charge in [-0.05, 0) is 13.8 Å². The second-order valence-corrected chi connectivity index (χ2v) is 4.65. The van der Waals surface area contributed by atoms with Crippen molar-refractivity contribution in [3.8, 4) is 0 Å². The summed E-state index contributed by atoms with van der Waals surface area (Å²) in [4.78, 5) is 6.57. The quantitative estimate of drug-likeness (QED) is 0.511. The van der Waals surface area contributed by atoms with Gasteiger partial charge in [-0.3, -0.25) is 4.99 Å². The Kier molecular flexibility index (Phi) is 2.28. The van der Waals surface area contributed by atoms with Gasteiger partial charge in [0, 0.05) is 25.8 Å². The molecule has 2 aliphatic rings. The van der Waals surface area contributed by atoms with E-state index in [0.29, 0.717) is 0 Å². The first-order chi connectivity index (χ1) is 7.14. The molecule has 0 saturated carbocycles. The molecule has 0 radical (unpaired) electrons. The van der Waals surface area contributed by atoms with Gasteiger partial charge < -0.3 is 15.6 Å². The fourth-order valence-corrected chi connectivity index (χ4v) is 3.13. The number of likely N-dealkylation sites (N-methyl/N-ethyl adjacent to an activating group) is 1. The molecule has 0 bridgehead atoms. The van der Waals surface area contributed by atoms with E-state index in [-0.39, 0.29) is 17.0 Å². The summed E-state index contributed by atoms with van der Waals surface area (Å²) < 4.78 is 0. The molecular weight excluding hydrogens is 188 g/mol. The predicted octanol–water partition coefficient (Wildman–Crippen LogP) is 0.165. The Morgan fingerprint density at radius 1 is 1.60 bits per heavy atom. The molecule has 0 aromatic heterocycles. The highest BCUT2D eigenvalue weighted by atomic mass is 15.3. The number of likely N-dealkylation sites (tertiary alicyclic amines) is 1. The Morgan fingerprint density at radius 2 is 2.33 bits per heavy atom. The van der Waals surface area contributed by atoms with Gasteiger partial charge in [0.05, 0.1) is 11.5 Å². The van der Waals surface area contributed by atoms with Crippen LogP contribution < -0.4 is 5.32 Å². The van der Waals surface area contributed by atoms with Crippen molar-refractivity contribution in [1.82, 2.24) is 10.2 Å². The Hall–Kier alpha value is -1.00. The number of aliphatic imine (C=N–C) groups is 1. The summed E-state index contributed by atoms with van der Waals surface area (Å²) in [6.45, 7) is 10.1. The minimum atomic E-state index is -0.300. The molecule has 15 heavy (non-hydrogen) atoms. The third-order valence-corrected chi connectivity index (χ3v) is 3.87. The Labute approximate surface area is 90.6 Å². The maximum atomic E-state index is 7.69. The highest BCUT2D eigenvalue weighted by Crippen LogP contribution is 2.46. The van der Waals surface area contributed by atoms with Crippen molar-refractivity contribution in [1.29, 1.82) is 5.41 Å². The van der Waals surface area contributed by atoms with Gasteiger partial charge in [-0.25, -0.2) is 0 Å². The van der Waals surface area contributed by atoms with E-state index in [1.54, 1.807) is 6.21 Å². The molecule has 0 aromatic carbocycles. The number of rotatable bonds is 3. The molecule has 0 spiro atoms. The zero-order valence-electron chi connectivity index (χ0n) is 9.16. The topological polar surface area (TPSA) is 51.5 Å². The smallest absolute Gasteiger partial charge is 0.104 e. The monoisotopic (exact) mass is 206 g/mol. The van der Waals surface area contributed by atoms with Gasteiger partial charge in [0.2, 0.25) is 0 Å². The molecule has 3 atom stereocenters. The third kappa shape index (κ3) is 1.09. The summed E-state index contributed by atoms with van der Waals surface area (Å²) in [5.41, 5.74) is -0.506. The van der Waals surface area contributed by atoms with Gasteiger partial charge in [-0.1, -0.05) is 6.08 Å². The molecule has 0 aromatic rings. The van der Waals surface area contributed by atoms with Crippen LogP contribution in [-0.4, -0.2) is 56.1 Å². The second-order valence-electron chi connectivity index (χ2n) is 4.65. The summed E-state index contributed by atoms with van der Waals surface area (Å²) in [5, 5.41) is 11.1. The van der Waals surface area contributed by atoms with Gasteiger partial charge in [-0.2, -0.15) is 0 Å². The molecular formula is C11H18N4. The van der Waals surface area contributed by atoms with Crippen LogP contribution in [0.5, 0.6) is 0 Å². The van der Waals surface area contributed by atoms with Gasteiger partial charge in [0.25, 0.3) is 0 Å². The first-order valence-corrected chi connectivity index (χ1v) is 5.18. The van der Waals surface area contributed by atoms with Crippen LogP contribution >= 0.6 is 0 Å². The lowest BCUT2D eigenvalue weighted by molar-refractivity contribution is 0.338.